The molecule has 0 radical (unpaired) electrons. The molecule has 27 heavy (non-hydrogen) atoms. The maximum atomic E-state index is 12.2. The van der Waals surface area contributed by atoms with Gasteiger partial charge in [-0.1, -0.05) is 0 Å². The normalized spacial score (nSPS) is 12.0. The largest absolute Gasteiger partial charge is 0.497 e. The lowest BCUT2D eigenvalue weighted by molar-refractivity contribution is -0.119. The Kier molecular flexibility index (Phi) is 5.62. The SMILES string of the molecule is COc1cc(OC)cc(C(=O)OCC(=O)Nc2sc3c(c2C#N)CCC3)c1. The van der Waals surface area contributed by atoms with Crippen LogP contribution < -0.4 is 14.8 Å². The van der Waals surface area contributed by atoms with Crippen LogP contribution in [0.2, 0.25) is 0 Å². The van der Waals surface area contributed by atoms with Crippen molar-refractivity contribution in [1.29, 1.82) is 5.26 Å². The van der Waals surface area contributed by atoms with E-state index in [0.717, 1.165) is 29.7 Å². The first-order chi connectivity index (χ1) is 13.0. The first kappa shape index (κ1) is 18.7. The molecule has 0 fully saturated rings. The van der Waals surface area contributed by atoms with Gasteiger partial charge in [0, 0.05) is 10.9 Å². The fourth-order valence-corrected chi connectivity index (χ4v) is 4.17. The summed E-state index contributed by atoms with van der Waals surface area (Å²) in [5.41, 5.74) is 1.76. The molecule has 0 aliphatic heterocycles. The van der Waals surface area contributed by atoms with E-state index < -0.39 is 18.5 Å². The van der Waals surface area contributed by atoms with Crippen molar-refractivity contribution >= 4 is 28.2 Å². The lowest BCUT2D eigenvalue weighted by Gasteiger charge is -2.09. The molecule has 0 atom stereocenters. The summed E-state index contributed by atoms with van der Waals surface area (Å²) >= 11 is 1.41. The van der Waals surface area contributed by atoms with Crippen molar-refractivity contribution in [2.24, 2.45) is 0 Å². The van der Waals surface area contributed by atoms with Crippen LogP contribution in [0.4, 0.5) is 5.00 Å². The summed E-state index contributed by atoms with van der Waals surface area (Å²) in [7, 11) is 2.95. The Morgan fingerprint density at radius 2 is 1.89 bits per heavy atom. The molecular weight excluding hydrogens is 368 g/mol. The van der Waals surface area contributed by atoms with E-state index in [9.17, 15) is 14.9 Å². The summed E-state index contributed by atoms with van der Waals surface area (Å²) in [5.74, 6) is -0.277. The van der Waals surface area contributed by atoms with Gasteiger partial charge in [0.05, 0.1) is 25.3 Å². The van der Waals surface area contributed by atoms with Crippen LogP contribution in [0.25, 0.3) is 0 Å². The molecule has 1 aromatic heterocycles. The molecule has 140 valence electrons. The Bertz CT molecular complexity index is 907. The zero-order valence-corrected chi connectivity index (χ0v) is 15.8. The van der Waals surface area contributed by atoms with E-state index in [1.165, 1.54) is 37.7 Å². The molecule has 0 spiro atoms. The van der Waals surface area contributed by atoms with Crippen LogP contribution in [0.1, 0.15) is 32.8 Å². The number of hydrogen-bond acceptors (Lipinski definition) is 7. The number of amides is 1. The number of thiophene rings is 1. The van der Waals surface area contributed by atoms with Crippen molar-refractivity contribution in [2.45, 2.75) is 19.3 Å². The number of nitriles is 1. The Morgan fingerprint density at radius 3 is 2.52 bits per heavy atom. The van der Waals surface area contributed by atoms with Gasteiger partial charge in [-0.05, 0) is 37.0 Å². The first-order valence-electron chi connectivity index (χ1n) is 8.30. The number of benzene rings is 1. The second-order valence-corrected chi connectivity index (χ2v) is 7.00. The second-order valence-electron chi connectivity index (χ2n) is 5.90. The van der Waals surface area contributed by atoms with Crippen molar-refractivity contribution < 1.29 is 23.8 Å². The molecule has 1 amide bonds. The second kappa shape index (κ2) is 8.10. The first-order valence-corrected chi connectivity index (χ1v) is 9.12. The monoisotopic (exact) mass is 386 g/mol. The number of carbonyl (C=O) groups excluding carboxylic acids is 2. The molecule has 1 heterocycles. The van der Waals surface area contributed by atoms with Gasteiger partial charge in [-0.25, -0.2) is 4.79 Å². The number of carbonyl (C=O) groups is 2. The molecule has 1 aliphatic carbocycles. The Morgan fingerprint density at radius 1 is 1.19 bits per heavy atom. The summed E-state index contributed by atoms with van der Waals surface area (Å²) in [5, 5.41) is 12.5. The van der Waals surface area contributed by atoms with Crippen LogP contribution in [-0.2, 0) is 22.4 Å². The molecule has 3 rings (SSSR count). The van der Waals surface area contributed by atoms with Crippen LogP contribution in [0.3, 0.4) is 0 Å². The van der Waals surface area contributed by atoms with Crippen molar-refractivity contribution in [2.75, 3.05) is 26.1 Å². The predicted molar refractivity (Wildman–Crippen MR) is 99.5 cm³/mol. The lowest BCUT2D eigenvalue weighted by atomic mass is 10.1. The zero-order chi connectivity index (χ0) is 19.4. The molecular formula is C19H18N2O5S. The van der Waals surface area contributed by atoms with E-state index in [0.29, 0.717) is 22.1 Å². The van der Waals surface area contributed by atoms with E-state index >= 15 is 0 Å². The summed E-state index contributed by atoms with van der Waals surface area (Å²) in [6.45, 7) is -0.453. The summed E-state index contributed by atoms with van der Waals surface area (Å²) in [6, 6.07) is 6.79. The van der Waals surface area contributed by atoms with E-state index in [1.807, 2.05) is 0 Å². The minimum absolute atomic E-state index is 0.215. The van der Waals surface area contributed by atoms with E-state index in [-0.39, 0.29) is 5.56 Å². The Hall–Kier alpha value is -3.05. The highest BCUT2D eigenvalue weighted by molar-refractivity contribution is 7.16. The topological polar surface area (TPSA) is 97.7 Å². The highest BCUT2D eigenvalue weighted by Crippen LogP contribution is 2.38. The standard InChI is InChI=1S/C19H18N2O5S/c1-24-12-6-11(7-13(8-12)25-2)19(23)26-10-17(22)21-18-15(9-20)14-4-3-5-16(14)27-18/h6-8H,3-5,10H2,1-2H3,(H,21,22). The fourth-order valence-electron chi connectivity index (χ4n) is 2.91. The van der Waals surface area contributed by atoms with Gasteiger partial charge in [-0.15, -0.1) is 11.3 Å². The minimum atomic E-state index is -0.670. The number of methoxy groups -OCH3 is 2. The highest BCUT2D eigenvalue weighted by Gasteiger charge is 2.23. The average molecular weight is 386 g/mol. The summed E-state index contributed by atoms with van der Waals surface area (Å²) in [4.78, 5) is 25.5. The smallest absolute Gasteiger partial charge is 0.338 e. The van der Waals surface area contributed by atoms with Gasteiger partial charge < -0.3 is 19.5 Å². The van der Waals surface area contributed by atoms with Crippen molar-refractivity contribution in [1.82, 2.24) is 0 Å². The molecule has 1 aliphatic rings. The zero-order valence-electron chi connectivity index (χ0n) is 15.0. The fraction of sp³-hybridized carbons (Fsp3) is 0.316. The molecule has 1 N–H and O–H groups in total. The number of nitrogens with one attached hydrogen (secondary N) is 1. The van der Waals surface area contributed by atoms with Gasteiger partial charge in [0.1, 0.15) is 22.6 Å². The third kappa shape index (κ3) is 4.04. The third-order valence-corrected chi connectivity index (χ3v) is 5.41. The van der Waals surface area contributed by atoms with Crippen LogP contribution in [0, 0.1) is 11.3 Å². The highest BCUT2D eigenvalue weighted by atomic mass is 32.1. The number of aryl methyl sites for hydroxylation is 1. The van der Waals surface area contributed by atoms with Gasteiger partial charge in [0.2, 0.25) is 0 Å². The van der Waals surface area contributed by atoms with Gasteiger partial charge in [0.15, 0.2) is 6.61 Å². The van der Waals surface area contributed by atoms with Crippen LogP contribution >= 0.6 is 11.3 Å². The molecule has 0 unspecified atom stereocenters. The van der Waals surface area contributed by atoms with Gasteiger partial charge in [-0.2, -0.15) is 5.26 Å². The van der Waals surface area contributed by atoms with Crippen LogP contribution in [0.5, 0.6) is 11.5 Å². The van der Waals surface area contributed by atoms with E-state index in [1.54, 1.807) is 6.07 Å². The molecule has 2 aromatic rings. The number of rotatable bonds is 6. The van der Waals surface area contributed by atoms with E-state index in [2.05, 4.69) is 11.4 Å². The van der Waals surface area contributed by atoms with Crippen molar-refractivity contribution in [3.05, 3.63) is 39.8 Å². The van der Waals surface area contributed by atoms with E-state index in [4.69, 9.17) is 14.2 Å². The minimum Gasteiger partial charge on any atom is -0.497 e. The quantitative estimate of drug-likeness (QED) is 0.767. The number of anilines is 1. The maximum absolute atomic E-state index is 12.2. The van der Waals surface area contributed by atoms with Gasteiger partial charge in [0.25, 0.3) is 5.91 Å². The van der Waals surface area contributed by atoms with Gasteiger partial charge in [-0.3, -0.25) is 4.79 Å². The third-order valence-electron chi connectivity index (χ3n) is 4.21. The number of hydrogen-bond donors (Lipinski definition) is 1. The summed E-state index contributed by atoms with van der Waals surface area (Å²) in [6.07, 6.45) is 2.82. The molecule has 8 heteroatoms. The maximum Gasteiger partial charge on any atom is 0.338 e. The van der Waals surface area contributed by atoms with Crippen molar-refractivity contribution in [3.63, 3.8) is 0 Å². The predicted octanol–water partition coefficient (Wildman–Crippen LogP) is 2.92. The van der Waals surface area contributed by atoms with Crippen LogP contribution in [0.15, 0.2) is 18.2 Å². The van der Waals surface area contributed by atoms with Gasteiger partial charge >= 0.3 is 5.97 Å². The molecule has 0 saturated heterocycles. The Balaban J connectivity index is 1.63. The average Bonchev–Trinajstić information content (AvgIpc) is 3.26. The molecule has 0 saturated carbocycles. The molecule has 7 nitrogen and oxygen atoms in total. The van der Waals surface area contributed by atoms with Crippen molar-refractivity contribution in [3.8, 4) is 17.6 Å². The number of esters is 1. The number of fused-ring (bicyclic) bond motifs is 1. The van der Waals surface area contributed by atoms with Crippen LogP contribution in [-0.4, -0.2) is 32.7 Å². The molecule has 1 aromatic carbocycles. The molecule has 0 bridgehead atoms. The number of ether oxygens (including phenoxy) is 3. The summed E-state index contributed by atoms with van der Waals surface area (Å²) < 4.78 is 15.3. The Labute approximate surface area is 160 Å². The number of nitrogens with zero attached hydrogens (tertiary/aromatic N) is 1. The lowest BCUT2D eigenvalue weighted by Crippen LogP contribution is -2.21.